The summed E-state index contributed by atoms with van der Waals surface area (Å²) in [5, 5.41) is 4.02. The molecule has 0 radical (unpaired) electrons. The van der Waals surface area contributed by atoms with Crippen LogP contribution in [0.5, 0.6) is 0 Å². The predicted octanol–water partition coefficient (Wildman–Crippen LogP) is 2.15. The maximum absolute atomic E-state index is 5.33. The van der Waals surface area contributed by atoms with Gasteiger partial charge in [-0.05, 0) is 12.5 Å². The van der Waals surface area contributed by atoms with E-state index in [0.29, 0.717) is 24.0 Å². The Morgan fingerprint density at radius 3 is 2.95 bits per heavy atom. The maximum atomic E-state index is 5.33. The Morgan fingerprint density at radius 2 is 2.21 bits per heavy atom. The minimum Gasteiger partial charge on any atom is -0.381 e. The quantitative estimate of drug-likeness (QED) is 0.841. The molecule has 0 amide bonds. The fraction of sp³-hybridized carbons (Fsp3) is 0.538. The lowest BCUT2D eigenvalue weighted by Crippen LogP contribution is -2.00. The lowest BCUT2D eigenvalue weighted by molar-refractivity contribution is 0.192. The van der Waals surface area contributed by atoms with Crippen LogP contribution in [-0.2, 0) is 4.74 Å². The van der Waals surface area contributed by atoms with Crippen molar-refractivity contribution < 1.29 is 9.26 Å². The van der Waals surface area contributed by atoms with Crippen LogP contribution in [0.15, 0.2) is 16.8 Å². The first kappa shape index (κ1) is 12.2. The first-order valence-electron chi connectivity index (χ1n) is 6.48. The van der Waals surface area contributed by atoms with Crippen molar-refractivity contribution in [2.24, 2.45) is 0 Å². The number of rotatable bonds is 3. The molecule has 6 nitrogen and oxygen atoms in total. The van der Waals surface area contributed by atoms with Gasteiger partial charge in [0.25, 0.3) is 5.89 Å². The molecule has 2 aromatic heterocycles. The summed E-state index contributed by atoms with van der Waals surface area (Å²) in [7, 11) is 0. The fourth-order valence-electron chi connectivity index (χ4n) is 2.01. The van der Waals surface area contributed by atoms with Gasteiger partial charge < -0.3 is 9.26 Å². The molecule has 1 aliphatic rings. The van der Waals surface area contributed by atoms with Gasteiger partial charge in [0.1, 0.15) is 11.5 Å². The zero-order chi connectivity index (χ0) is 13.2. The Kier molecular flexibility index (Phi) is 3.25. The highest BCUT2D eigenvalue weighted by atomic mass is 16.5. The smallest absolute Gasteiger partial charge is 0.276 e. The predicted molar refractivity (Wildman–Crippen MR) is 67.6 cm³/mol. The van der Waals surface area contributed by atoms with E-state index in [1.165, 1.54) is 0 Å². The topological polar surface area (TPSA) is 73.9 Å². The van der Waals surface area contributed by atoms with Gasteiger partial charge in [-0.2, -0.15) is 4.98 Å². The summed E-state index contributed by atoms with van der Waals surface area (Å²) in [5.41, 5.74) is 0.677. The van der Waals surface area contributed by atoms with Crippen molar-refractivity contribution in [2.75, 3.05) is 13.2 Å². The van der Waals surface area contributed by atoms with Crippen LogP contribution in [0.4, 0.5) is 0 Å². The highest BCUT2D eigenvalue weighted by Gasteiger charge is 2.23. The molecule has 100 valence electrons. The Bertz CT molecular complexity index is 561. The first-order chi connectivity index (χ1) is 9.24. The molecule has 6 heteroatoms. The van der Waals surface area contributed by atoms with Crippen molar-refractivity contribution in [1.82, 2.24) is 20.1 Å². The van der Waals surface area contributed by atoms with Crippen LogP contribution < -0.4 is 0 Å². The SMILES string of the molecule is CC(C)c1nccc(-c2nc(C3CCOC3)no2)n1. The van der Waals surface area contributed by atoms with Gasteiger partial charge in [-0.1, -0.05) is 19.0 Å². The van der Waals surface area contributed by atoms with E-state index >= 15 is 0 Å². The molecule has 0 aromatic carbocycles. The molecule has 0 spiro atoms. The van der Waals surface area contributed by atoms with E-state index in [0.717, 1.165) is 18.9 Å². The molecule has 19 heavy (non-hydrogen) atoms. The summed E-state index contributed by atoms with van der Waals surface area (Å²) in [6.45, 7) is 5.53. The second kappa shape index (κ2) is 5.05. The van der Waals surface area contributed by atoms with E-state index in [9.17, 15) is 0 Å². The Balaban J connectivity index is 1.87. The molecular formula is C13H16N4O2. The second-order valence-electron chi connectivity index (χ2n) is 4.97. The maximum Gasteiger partial charge on any atom is 0.276 e. The summed E-state index contributed by atoms with van der Waals surface area (Å²) in [6, 6.07) is 1.79. The lowest BCUT2D eigenvalue weighted by Gasteiger charge is -2.02. The highest BCUT2D eigenvalue weighted by molar-refractivity contribution is 5.45. The van der Waals surface area contributed by atoms with E-state index in [4.69, 9.17) is 9.26 Å². The van der Waals surface area contributed by atoms with Crippen molar-refractivity contribution in [3.8, 4) is 11.6 Å². The van der Waals surface area contributed by atoms with Crippen LogP contribution in [0.3, 0.4) is 0 Å². The van der Waals surface area contributed by atoms with Gasteiger partial charge in [-0.3, -0.25) is 0 Å². The molecule has 1 saturated heterocycles. The van der Waals surface area contributed by atoms with Crippen LogP contribution in [0.25, 0.3) is 11.6 Å². The Morgan fingerprint density at radius 1 is 1.32 bits per heavy atom. The first-order valence-corrected chi connectivity index (χ1v) is 6.48. The molecule has 0 saturated carbocycles. The number of hydrogen-bond acceptors (Lipinski definition) is 6. The van der Waals surface area contributed by atoms with Gasteiger partial charge in [0.2, 0.25) is 0 Å². The third-order valence-electron chi connectivity index (χ3n) is 3.15. The molecule has 1 fully saturated rings. The van der Waals surface area contributed by atoms with Gasteiger partial charge in [0.05, 0.1) is 6.61 Å². The summed E-state index contributed by atoms with van der Waals surface area (Å²) in [6.07, 6.45) is 2.67. The average Bonchev–Trinajstić information content (AvgIpc) is 3.09. The van der Waals surface area contributed by atoms with Gasteiger partial charge in [-0.15, -0.1) is 0 Å². The molecule has 0 N–H and O–H groups in total. The Labute approximate surface area is 111 Å². The highest BCUT2D eigenvalue weighted by Crippen LogP contribution is 2.25. The minimum atomic E-state index is 0.240. The number of ether oxygens (including phenoxy) is 1. The largest absolute Gasteiger partial charge is 0.381 e. The standard InChI is InChI=1S/C13H16N4O2/c1-8(2)11-14-5-3-10(15-11)13-16-12(17-19-13)9-4-6-18-7-9/h3,5,8-9H,4,6-7H2,1-2H3. The second-order valence-corrected chi connectivity index (χ2v) is 4.97. The molecule has 3 rings (SSSR count). The normalized spacial score (nSPS) is 19.2. The third-order valence-corrected chi connectivity index (χ3v) is 3.15. The molecule has 0 bridgehead atoms. The van der Waals surface area contributed by atoms with E-state index in [1.807, 2.05) is 13.8 Å². The van der Waals surface area contributed by atoms with Crippen LogP contribution in [0, 0.1) is 0 Å². The van der Waals surface area contributed by atoms with Gasteiger partial charge in [0.15, 0.2) is 5.82 Å². The molecule has 2 aromatic rings. The Hall–Kier alpha value is -1.82. The fourth-order valence-corrected chi connectivity index (χ4v) is 2.01. The van der Waals surface area contributed by atoms with E-state index in [2.05, 4.69) is 20.1 Å². The van der Waals surface area contributed by atoms with Crippen LogP contribution in [-0.4, -0.2) is 33.3 Å². The van der Waals surface area contributed by atoms with Crippen molar-refractivity contribution in [1.29, 1.82) is 0 Å². The van der Waals surface area contributed by atoms with Crippen molar-refractivity contribution >= 4 is 0 Å². The van der Waals surface area contributed by atoms with Gasteiger partial charge in [-0.25, -0.2) is 9.97 Å². The summed E-state index contributed by atoms with van der Waals surface area (Å²) >= 11 is 0. The van der Waals surface area contributed by atoms with E-state index < -0.39 is 0 Å². The molecule has 3 heterocycles. The molecule has 1 unspecified atom stereocenters. The molecular weight excluding hydrogens is 244 g/mol. The molecule has 1 aliphatic heterocycles. The number of hydrogen-bond donors (Lipinski definition) is 0. The zero-order valence-corrected chi connectivity index (χ0v) is 11.0. The molecule has 0 aliphatic carbocycles. The zero-order valence-electron chi connectivity index (χ0n) is 11.0. The monoisotopic (exact) mass is 260 g/mol. The molecule has 1 atom stereocenters. The van der Waals surface area contributed by atoms with Crippen LogP contribution in [0.1, 0.15) is 43.8 Å². The van der Waals surface area contributed by atoms with E-state index in [-0.39, 0.29) is 11.8 Å². The average molecular weight is 260 g/mol. The lowest BCUT2D eigenvalue weighted by atomic mass is 10.1. The number of aromatic nitrogens is 4. The summed E-state index contributed by atoms with van der Waals surface area (Å²) in [5.74, 6) is 2.44. The van der Waals surface area contributed by atoms with Crippen molar-refractivity contribution in [3.63, 3.8) is 0 Å². The van der Waals surface area contributed by atoms with Crippen LogP contribution in [0.2, 0.25) is 0 Å². The van der Waals surface area contributed by atoms with Crippen molar-refractivity contribution in [2.45, 2.75) is 32.1 Å². The summed E-state index contributed by atoms with van der Waals surface area (Å²) in [4.78, 5) is 13.1. The van der Waals surface area contributed by atoms with Gasteiger partial charge in [0, 0.05) is 24.6 Å². The summed E-state index contributed by atoms with van der Waals surface area (Å²) < 4.78 is 10.6. The van der Waals surface area contributed by atoms with Crippen LogP contribution >= 0.6 is 0 Å². The minimum absolute atomic E-state index is 0.240. The van der Waals surface area contributed by atoms with E-state index in [1.54, 1.807) is 12.3 Å². The van der Waals surface area contributed by atoms with Gasteiger partial charge >= 0.3 is 0 Å². The number of nitrogens with zero attached hydrogens (tertiary/aromatic N) is 4. The third kappa shape index (κ3) is 2.49. The van der Waals surface area contributed by atoms with Crippen molar-refractivity contribution in [3.05, 3.63) is 23.9 Å².